The predicted molar refractivity (Wildman–Crippen MR) is 82.1 cm³/mol. The van der Waals surface area contributed by atoms with Crippen molar-refractivity contribution in [3.05, 3.63) is 28.2 Å². The largest absolute Gasteiger partial charge is 0.480 e. The number of aliphatic carboxylic acids is 1. The molecular weight excluding hydrogens is 378 g/mol. The van der Waals surface area contributed by atoms with Gasteiger partial charge in [-0.2, -0.15) is 4.72 Å². The van der Waals surface area contributed by atoms with Gasteiger partial charge in [0.15, 0.2) is 0 Å². The van der Waals surface area contributed by atoms with E-state index in [-0.39, 0.29) is 10.5 Å². The maximum absolute atomic E-state index is 12.3. The van der Waals surface area contributed by atoms with Gasteiger partial charge in [0.1, 0.15) is 6.04 Å². The third-order valence-electron chi connectivity index (χ3n) is 2.82. The molecule has 9 heteroatoms. The Hall–Kier alpha value is -1.45. The van der Waals surface area contributed by atoms with Gasteiger partial charge in [0.05, 0.1) is 17.6 Å². The zero-order valence-electron chi connectivity index (χ0n) is 12.2. The molecule has 1 atom stereocenters. The van der Waals surface area contributed by atoms with Crippen molar-refractivity contribution < 1.29 is 27.9 Å². The quantitative estimate of drug-likeness (QED) is 0.710. The van der Waals surface area contributed by atoms with Crippen molar-refractivity contribution in [3.63, 3.8) is 0 Å². The van der Waals surface area contributed by atoms with Crippen LogP contribution in [0.4, 0.5) is 0 Å². The van der Waals surface area contributed by atoms with Gasteiger partial charge in [0.25, 0.3) is 0 Å². The van der Waals surface area contributed by atoms with Crippen molar-refractivity contribution in [2.75, 3.05) is 7.11 Å². The van der Waals surface area contributed by atoms with Gasteiger partial charge in [-0.15, -0.1) is 0 Å². The van der Waals surface area contributed by atoms with Gasteiger partial charge in [-0.3, -0.25) is 4.79 Å². The topological polar surface area (TPSA) is 110 Å². The lowest BCUT2D eigenvalue weighted by Gasteiger charge is -2.18. The van der Waals surface area contributed by atoms with Gasteiger partial charge in [-0.05, 0) is 24.1 Å². The Balaban J connectivity index is 3.25. The van der Waals surface area contributed by atoms with E-state index in [2.05, 4.69) is 25.4 Å². The normalized spacial score (nSPS) is 13.0. The maximum atomic E-state index is 12.3. The number of hydrogen-bond acceptors (Lipinski definition) is 5. The Morgan fingerprint density at radius 3 is 2.32 bits per heavy atom. The molecule has 0 bridgehead atoms. The van der Waals surface area contributed by atoms with E-state index in [0.717, 1.165) is 6.07 Å². The van der Waals surface area contributed by atoms with Gasteiger partial charge >= 0.3 is 11.9 Å². The molecular formula is C13H16BrNO6S. The van der Waals surface area contributed by atoms with E-state index in [4.69, 9.17) is 5.11 Å². The Morgan fingerprint density at radius 2 is 1.86 bits per heavy atom. The molecule has 122 valence electrons. The van der Waals surface area contributed by atoms with Crippen molar-refractivity contribution in [1.82, 2.24) is 4.72 Å². The summed E-state index contributed by atoms with van der Waals surface area (Å²) in [6, 6.07) is 2.53. The van der Waals surface area contributed by atoms with Crippen LogP contribution in [0, 0.1) is 5.92 Å². The third kappa shape index (κ3) is 4.52. The van der Waals surface area contributed by atoms with Crippen molar-refractivity contribution in [2.45, 2.75) is 24.8 Å². The van der Waals surface area contributed by atoms with Gasteiger partial charge in [-0.1, -0.05) is 29.8 Å². The summed E-state index contributed by atoms with van der Waals surface area (Å²) in [7, 11) is -2.93. The van der Waals surface area contributed by atoms with Crippen LogP contribution in [0.25, 0.3) is 0 Å². The summed E-state index contributed by atoms with van der Waals surface area (Å²) in [5.74, 6) is -2.42. The minimum absolute atomic E-state index is 0.0358. The molecule has 0 spiro atoms. The molecule has 7 nitrogen and oxygen atoms in total. The summed E-state index contributed by atoms with van der Waals surface area (Å²) in [6.07, 6.45) is 0. The number of ether oxygens (including phenoxy) is 1. The number of carboxylic acid groups (broad SMARTS) is 1. The number of nitrogens with one attached hydrogen (secondary N) is 1. The second kappa shape index (κ2) is 7.21. The first-order valence-electron chi connectivity index (χ1n) is 6.22. The van der Waals surface area contributed by atoms with Gasteiger partial charge in [-0.25, -0.2) is 13.2 Å². The molecule has 0 aliphatic carbocycles. The van der Waals surface area contributed by atoms with Crippen LogP contribution >= 0.6 is 15.9 Å². The van der Waals surface area contributed by atoms with E-state index >= 15 is 0 Å². The maximum Gasteiger partial charge on any atom is 0.337 e. The molecule has 0 amide bonds. The fourth-order valence-corrected chi connectivity index (χ4v) is 3.71. The Kier molecular flexibility index (Phi) is 6.09. The van der Waals surface area contributed by atoms with Crippen LogP contribution in [0.2, 0.25) is 0 Å². The summed E-state index contributed by atoms with van der Waals surface area (Å²) < 4.78 is 31.7. The van der Waals surface area contributed by atoms with E-state index in [1.807, 2.05) is 0 Å². The van der Waals surface area contributed by atoms with E-state index in [0.29, 0.717) is 4.47 Å². The first kappa shape index (κ1) is 18.6. The monoisotopic (exact) mass is 393 g/mol. The number of rotatable bonds is 6. The Bertz CT molecular complexity index is 686. The number of carbonyl (C=O) groups is 2. The van der Waals surface area contributed by atoms with Crippen molar-refractivity contribution in [2.24, 2.45) is 5.92 Å². The highest BCUT2D eigenvalue weighted by Gasteiger charge is 2.28. The summed E-state index contributed by atoms with van der Waals surface area (Å²) in [6.45, 7) is 3.17. The van der Waals surface area contributed by atoms with Gasteiger partial charge in [0.2, 0.25) is 10.0 Å². The predicted octanol–water partition coefficient (Wildman–Crippen LogP) is 1.62. The van der Waals surface area contributed by atoms with Gasteiger partial charge < -0.3 is 9.84 Å². The van der Waals surface area contributed by atoms with Crippen molar-refractivity contribution in [3.8, 4) is 0 Å². The molecule has 22 heavy (non-hydrogen) atoms. The summed E-state index contributed by atoms with van der Waals surface area (Å²) in [4.78, 5) is 22.4. The van der Waals surface area contributed by atoms with Crippen LogP contribution in [-0.4, -0.2) is 38.6 Å². The van der Waals surface area contributed by atoms with Crippen LogP contribution in [0.5, 0.6) is 0 Å². The molecule has 0 saturated heterocycles. The first-order chi connectivity index (χ1) is 10.1. The fraction of sp³-hybridized carbons (Fsp3) is 0.385. The highest BCUT2D eigenvalue weighted by molar-refractivity contribution is 9.10. The number of halogens is 1. The molecule has 1 unspecified atom stereocenters. The molecule has 0 aromatic heterocycles. The lowest BCUT2D eigenvalue weighted by Crippen LogP contribution is -2.44. The van der Waals surface area contributed by atoms with Crippen LogP contribution in [0.1, 0.15) is 24.2 Å². The van der Waals surface area contributed by atoms with E-state index in [9.17, 15) is 18.0 Å². The third-order valence-corrected chi connectivity index (χ3v) is 4.70. The number of carbonyl (C=O) groups excluding carboxylic acids is 1. The van der Waals surface area contributed by atoms with Gasteiger partial charge in [0, 0.05) is 4.47 Å². The molecule has 0 saturated carbocycles. The molecule has 1 aromatic rings. The summed E-state index contributed by atoms with van der Waals surface area (Å²) >= 11 is 3.11. The molecule has 0 aliphatic rings. The molecule has 1 aromatic carbocycles. The van der Waals surface area contributed by atoms with E-state index in [1.165, 1.54) is 19.2 Å². The molecule has 0 fully saturated rings. The average Bonchev–Trinajstić information content (AvgIpc) is 2.42. The van der Waals surface area contributed by atoms with E-state index < -0.39 is 33.9 Å². The molecule has 0 heterocycles. The van der Waals surface area contributed by atoms with Crippen molar-refractivity contribution >= 4 is 37.9 Å². The smallest absolute Gasteiger partial charge is 0.337 e. The Morgan fingerprint density at radius 1 is 1.27 bits per heavy atom. The molecule has 0 radical (unpaired) electrons. The minimum atomic E-state index is -4.10. The SMILES string of the molecule is COC(=O)c1cc(Br)cc(S(=O)(=O)NC(C(=O)O)C(C)C)c1. The lowest BCUT2D eigenvalue weighted by molar-refractivity contribution is -0.140. The van der Waals surface area contributed by atoms with Crippen LogP contribution < -0.4 is 4.72 Å². The average molecular weight is 394 g/mol. The van der Waals surface area contributed by atoms with E-state index in [1.54, 1.807) is 13.8 Å². The second-order valence-electron chi connectivity index (χ2n) is 4.85. The number of benzene rings is 1. The zero-order valence-corrected chi connectivity index (χ0v) is 14.6. The lowest BCUT2D eigenvalue weighted by atomic mass is 10.1. The summed E-state index contributed by atoms with van der Waals surface area (Å²) in [5.41, 5.74) is 0.0358. The molecule has 0 aliphatic heterocycles. The number of hydrogen-bond donors (Lipinski definition) is 2. The standard InChI is InChI=1S/C13H16BrNO6S/c1-7(2)11(12(16)17)15-22(19,20)10-5-8(13(18)21-3)4-9(14)6-10/h4-7,11,15H,1-3H3,(H,16,17). The highest BCUT2D eigenvalue weighted by atomic mass is 79.9. The first-order valence-corrected chi connectivity index (χ1v) is 8.50. The van der Waals surface area contributed by atoms with Crippen molar-refractivity contribution in [1.29, 1.82) is 0 Å². The van der Waals surface area contributed by atoms with Crippen LogP contribution in [-0.2, 0) is 19.6 Å². The number of esters is 1. The van der Waals surface area contributed by atoms with Crippen LogP contribution in [0.15, 0.2) is 27.6 Å². The zero-order chi connectivity index (χ0) is 17.1. The minimum Gasteiger partial charge on any atom is -0.480 e. The number of methoxy groups -OCH3 is 1. The molecule has 1 rings (SSSR count). The fourth-order valence-electron chi connectivity index (χ4n) is 1.66. The molecule has 2 N–H and O–H groups in total. The highest BCUT2D eigenvalue weighted by Crippen LogP contribution is 2.21. The summed E-state index contributed by atoms with van der Waals surface area (Å²) in [5, 5.41) is 9.08. The second-order valence-corrected chi connectivity index (χ2v) is 7.48. The number of sulfonamides is 1. The Labute approximate surface area is 136 Å². The van der Waals surface area contributed by atoms with Crippen LogP contribution in [0.3, 0.4) is 0 Å². The number of carboxylic acids is 1.